The average Bonchev–Trinajstić information content (AvgIpc) is 3.27. The van der Waals surface area contributed by atoms with Gasteiger partial charge in [0.15, 0.2) is 0 Å². The average molecular weight is 437 g/mol. The molecule has 0 saturated heterocycles. The molecule has 1 saturated carbocycles. The van der Waals surface area contributed by atoms with E-state index in [1.807, 2.05) is 37.3 Å². The molecule has 0 aliphatic heterocycles. The van der Waals surface area contributed by atoms with Crippen LogP contribution in [0.4, 0.5) is 0 Å². The van der Waals surface area contributed by atoms with E-state index >= 15 is 0 Å². The molecule has 0 radical (unpaired) electrons. The largest absolute Gasteiger partial charge is 0.489 e. The summed E-state index contributed by atoms with van der Waals surface area (Å²) in [5, 5.41) is 0. The van der Waals surface area contributed by atoms with Crippen LogP contribution in [0.3, 0.4) is 0 Å². The lowest BCUT2D eigenvalue weighted by atomic mass is 9.96. The number of hydrogen-bond donors (Lipinski definition) is 0. The molecule has 4 rings (SSSR count). The molecular weight excluding hydrogens is 408 g/mol. The third-order valence-corrected chi connectivity index (χ3v) is 7.18. The van der Waals surface area contributed by atoms with Crippen LogP contribution in [0.1, 0.15) is 41.9 Å². The zero-order valence-corrected chi connectivity index (χ0v) is 18.6. The highest BCUT2D eigenvalue weighted by Gasteiger charge is 2.28. The summed E-state index contributed by atoms with van der Waals surface area (Å²) in [6, 6.07) is 25.1. The molecule has 31 heavy (non-hydrogen) atoms. The van der Waals surface area contributed by atoms with Crippen molar-refractivity contribution in [3.8, 4) is 5.75 Å². The quantitative estimate of drug-likeness (QED) is 0.415. The minimum Gasteiger partial charge on any atom is -0.489 e. The van der Waals surface area contributed by atoms with Crippen molar-refractivity contribution in [3.63, 3.8) is 0 Å². The lowest BCUT2D eigenvalue weighted by molar-refractivity contribution is 0.255. The summed E-state index contributed by atoms with van der Waals surface area (Å²) >= 11 is 0. The van der Waals surface area contributed by atoms with Crippen LogP contribution in [-0.4, -0.2) is 15.0 Å². The van der Waals surface area contributed by atoms with Crippen LogP contribution in [0, 0.1) is 12.8 Å². The van der Waals surface area contributed by atoms with Crippen LogP contribution in [0.5, 0.6) is 5.75 Å². The summed E-state index contributed by atoms with van der Waals surface area (Å²) in [5.74, 6) is 1.50. The van der Waals surface area contributed by atoms with Crippen LogP contribution in [-0.2, 0) is 20.9 Å². The molecular formula is C26H28O4S. The Morgan fingerprint density at radius 2 is 1.68 bits per heavy atom. The molecule has 0 bridgehead atoms. The van der Waals surface area contributed by atoms with Gasteiger partial charge in [-0.3, -0.25) is 4.18 Å². The molecule has 162 valence electrons. The maximum absolute atomic E-state index is 12.4. The highest BCUT2D eigenvalue weighted by atomic mass is 32.2. The van der Waals surface area contributed by atoms with Gasteiger partial charge in [0.1, 0.15) is 12.4 Å². The predicted molar refractivity (Wildman–Crippen MR) is 122 cm³/mol. The van der Waals surface area contributed by atoms with Crippen LogP contribution >= 0.6 is 0 Å². The smallest absolute Gasteiger partial charge is 0.296 e. The summed E-state index contributed by atoms with van der Waals surface area (Å²) in [4.78, 5) is 0.218. The molecule has 0 aromatic heterocycles. The Kier molecular flexibility index (Phi) is 6.73. The molecule has 3 aromatic carbocycles. The maximum atomic E-state index is 12.4. The van der Waals surface area contributed by atoms with Crippen molar-refractivity contribution >= 4 is 10.1 Å². The molecule has 4 nitrogen and oxygen atoms in total. The van der Waals surface area contributed by atoms with Gasteiger partial charge >= 0.3 is 0 Å². The van der Waals surface area contributed by atoms with Gasteiger partial charge in [0.25, 0.3) is 10.1 Å². The molecule has 1 aliphatic rings. The van der Waals surface area contributed by atoms with E-state index < -0.39 is 10.1 Å². The van der Waals surface area contributed by atoms with E-state index in [0.717, 1.165) is 36.1 Å². The molecule has 2 unspecified atom stereocenters. The van der Waals surface area contributed by atoms with Gasteiger partial charge in [-0.15, -0.1) is 0 Å². The topological polar surface area (TPSA) is 52.6 Å². The molecule has 0 spiro atoms. The van der Waals surface area contributed by atoms with E-state index in [4.69, 9.17) is 8.92 Å². The normalized spacial score (nSPS) is 18.7. The van der Waals surface area contributed by atoms with Crippen molar-refractivity contribution in [3.05, 3.63) is 95.6 Å². The Morgan fingerprint density at radius 3 is 2.45 bits per heavy atom. The van der Waals surface area contributed by atoms with E-state index in [0.29, 0.717) is 12.5 Å². The number of aryl methyl sites for hydroxylation is 1. The number of benzene rings is 3. The molecule has 5 heteroatoms. The summed E-state index contributed by atoms with van der Waals surface area (Å²) in [5.41, 5.74) is 3.41. The van der Waals surface area contributed by atoms with Gasteiger partial charge in [-0.2, -0.15) is 8.42 Å². The van der Waals surface area contributed by atoms with Crippen molar-refractivity contribution in [1.82, 2.24) is 0 Å². The molecule has 1 aliphatic carbocycles. The zero-order chi connectivity index (χ0) is 21.7. The first-order valence-electron chi connectivity index (χ1n) is 10.7. The van der Waals surface area contributed by atoms with Crippen molar-refractivity contribution in [2.45, 2.75) is 43.6 Å². The Morgan fingerprint density at radius 1 is 0.903 bits per heavy atom. The summed E-state index contributed by atoms with van der Waals surface area (Å²) < 4.78 is 36.2. The zero-order valence-electron chi connectivity index (χ0n) is 17.7. The molecule has 0 heterocycles. The van der Waals surface area contributed by atoms with Crippen molar-refractivity contribution < 1.29 is 17.3 Å². The van der Waals surface area contributed by atoms with Crippen LogP contribution in [0.2, 0.25) is 0 Å². The second kappa shape index (κ2) is 9.67. The van der Waals surface area contributed by atoms with Gasteiger partial charge in [-0.25, -0.2) is 0 Å². The van der Waals surface area contributed by atoms with Gasteiger partial charge in [0.05, 0.1) is 11.5 Å². The molecule has 3 aromatic rings. The Balaban J connectivity index is 1.32. The van der Waals surface area contributed by atoms with E-state index in [2.05, 4.69) is 24.3 Å². The van der Waals surface area contributed by atoms with Gasteiger partial charge in [-0.1, -0.05) is 60.2 Å². The lowest BCUT2D eigenvalue weighted by Crippen LogP contribution is -2.13. The molecule has 2 atom stereocenters. The van der Waals surface area contributed by atoms with Crippen molar-refractivity contribution in [2.75, 3.05) is 6.61 Å². The van der Waals surface area contributed by atoms with E-state index in [1.54, 1.807) is 24.3 Å². The summed E-state index contributed by atoms with van der Waals surface area (Å²) in [7, 11) is -3.71. The Bertz CT molecular complexity index is 1090. The second-order valence-electron chi connectivity index (χ2n) is 8.27. The summed E-state index contributed by atoms with van der Waals surface area (Å²) in [6.45, 7) is 2.71. The van der Waals surface area contributed by atoms with Crippen molar-refractivity contribution in [1.29, 1.82) is 0 Å². The number of hydrogen-bond acceptors (Lipinski definition) is 4. The van der Waals surface area contributed by atoms with Crippen molar-refractivity contribution in [2.24, 2.45) is 5.92 Å². The summed E-state index contributed by atoms with van der Waals surface area (Å²) in [6.07, 6.45) is 2.91. The third-order valence-electron chi connectivity index (χ3n) is 5.89. The second-order valence-corrected chi connectivity index (χ2v) is 9.89. The standard InChI is InChI=1S/C26H28O4S/c1-20-10-14-26(15-11-20)31(27,28)30-19-22-12-13-24(16-22)23-8-5-9-25(17-23)29-18-21-6-3-2-4-7-21/h2-11,14-15,17,22,24H,12-13,16,18-19H2,1H3. The van der Waals surface area contributed by atoms with Gasteiger partial charge in [0.2, 0.25) is 0 Å². The molecule has 1 fully saturated rings. The third kappa shape index (κ3) is 5.75. The number of ether oxygens (including phenoxy) is 1. The van der Waals surface area contributed by atoms with E-state index in [9.17, 15) is 8.42 Å². The van der Waals surface area contributed by atoms with Crippen LogP contribution in [0.25, 0.3) is 0 Å². The van der Waals surface area contributed by atoms with Gasteiger partial charge in [0, 0.05) is 0 Å². The fraction of sp³-hybridized carbons (Fsp3) is 0.308. The van der Waals surface area contributed by atoms with Gasteiger partial charge < -0.3 is 4.74 Å². The first-order chi connectivity index (χ1) is 15.0. The minimum absolute atomic E-state index is 0.218. The van der Waals surface area contributed by atoms with Gasteiger partial charge in [-0.05, 0) is 73.4 Å². The van der Waals surface area contributed by atoms with E-state index in [-0.39, 0.29) is 17.4 Å². The lowest BCUT2D eigenvalue weighted by Gasteiger charge is -2.14. The fourth-order valence-electron chi connectivity index (χ4n) is 4.09. The van der Waals surface area contributed by atoms with Crippen LogP contribution < -0.4 is 4.74 Å². The Hall–Kier alpha value is -2.63. The monoisotopic (exact) mass is 436 g/mol. The maximum Gasteiger partial charge on any atom is 0.296 e. The highest BCUT2D eigenvalue weighted by molar-refractivity contribution is 7.86. The highest BCUT2D eigenvalue weighted by Crippen LogP contribution is 2.39. The fourth-order valence-corrected chi connectivity index (χ4v) is 5.06. The Labute approximate surface area is 185 Å². The molecule has 0 N–H and O–H groups in total. The minimum atomic E-state index is -3.71. The number of rotatable bonds is 8. The molecule has 0 amide bonds. The predicted octanol–water partition coefficient (Wildman–Crippen LogP) is 5.86. The first kappa shape index (κ1) is 21.6. The van der Waals surface area contributed by atoms with Crippen LogP contribution in [0.15, 0.2) is 83.8 Å². The first-order valence-corrected chi connectivity index (χ1v) is 12.1. The SMILES string of the molecule is Cc1ccc(S(=O)(=O)OCC2CCC(c3cccc(OCc4ccccc4)c3)C2)cc1. The van der Waals surface area contributed by atoms with E-state index in [1.165, 1.54) is 5.56 Å².